The van der Waals surface area contributed by atoms with Gasteiger partial charge >= 0.3 is 0 Å². The highest BCUT2D eigenvalue weighted by Crippen LogP contribution is 2.39. The largest absolute Gasteiger partial charge is 0.309 e. The van der Waals surface area contributed by atoms with Crippen LogP contribution in [0.2, 0.25) is 0 Å². The summed E-state index contributed by atoms with van der Waals surface area (Å²) in [5.41, 5.74) is 18.9. The Morgan fingerprint density at radius 1 is 0.221 bits per heavy atom. The van der Waals surface area contributed by atoms with Crippen molar-refractivity contribution in [3.63, 3.8) is 0 Å². The first-order chi connectivity index (χ1) is 33.7. The molecule has 0 N–H and O–H groups in total. The topological polar surface area (TPSA) is 35.6 Å². The molecule has 13 aromatic rings. The average molecular weight is 867 g/mol. The molecule has 13 rings (SSSR count). The summed E-state index contributed by atoms with van der Waals surface area (Å²) in [7, 11) is 0. The van der Waals surface area contributed by atoms with Crippen LogP contribution in [0, 0.1) is 0 Å². The van der Waals surface area contributed by atoms with Crippen LogP contribution >= 0.6 is 0 Å². The lowest BCUT2D eigenvalue weighted by Gasteiger charge is -2.13. The van der Waals surface area contributed by atoms with Crippen LogP contribution in [-0.4, -0.2) is 19.1 Å². The fourth-order valence-corrected chi connectivity index (χ4v) is 10.0. The van der Waals surface area contributed by atoms with Gasteiger partial charge in [-0.05, 0) is 94.0 Å². The predicted molar refractivity (Wildman–Crippen MR) is 283 cm³/mol. The van der Waals surface area contributed by atoms with E-state index in [4.69, 9.17) is 9.97 Å². The monoisotopic (exact) mass is 866 g/mol. The molecule has 0 radical (unpaired) electrons. The van der Waals surface area contributed by atoms with Gasteiger partial charge in [0.15, 0.2) is 5.82 Å². The lowest BCUT2D eigenvalue weighted by molar-refractivity contribution is 1.16. The number of fused-ring (bicyclic) bond motifs is 6. The third-order valence-corrected chi connectivity index (χ3v) is 13.4. The Hall–Kier alpha value is -9.12. The maximum atomic E-state index is 5.17. The van der Waals surface area contributed by atoms with Gasteiger partial charge in [0, 0.05) is 49.6 Å². The Morgan fingerprint density at radius 2 is 0.662 bits per heavy atom. The number of hydrogen-bond donors (Lipinski definition) is 0. The second-order valence-electron chi connectivity index (χ2n) is 17.4. The highest BCUT2D eigenvalue weighted by atomic mass is 15.0. The molecule has 0 unspecified atom stereocenters. The first-order valence-electron chi connectivity index (χ1n) is 23.1. The minimum absolute atomic E-state index is 0.702. The predicted octanol–water partition coefficient (Wildman–Crippen LogP) is 16.7. The van der Waals surface area contributed by atoms with Crippen molar-refractivity contribution in [1.82, 2.24) is 19.1 Å². The quantitative estimate of drug-likeness (QED) is 0.153. The van der Waals surface area contributed by atoms with E-state index >= 15 is 0 Å². The molecule has 318 valence electrons. The van der Waals surface area contributed by atoms with E-state index in [0.717, 1.165) is 56.0 Å². The van der Waals surface area contributed by atoms with Crippen molar-refractivity contribution >= 4 is 43.6 Å². The summed E-state index contributed by atoms with van der Waals surface area (Å²) in [4.78, 5) is 10.2. The van der Waals surface area contributed by atoms with Gasteiger partial charge in [0.05, 0.1) is 33.5 Å². The Morgan fingerprint density at radius 3 is 1.32 bits per heavy atom. The lowest BCUT2D eigenvalue weighted by Crippen LogP contribution is -1.98. The van der Waals surface area contributed by atoms with Gasteiger partial charge in [-0.2, -0.15) is 0 Å². The molecule has 10 aromatic carbocycles. The Bertz CT molecular complexity index is 3920. The van der Waals surface area contributed by atoms with Gasteiger partial charge in [0.1, 0.15) is 0 Å². The molecule has 0 aliphatic rings. The van der Waals surface area contributed by atoms with E-state index in [1.165, 1.54) is 60.4 Å². The zero-order valence-electron chi connectivity index (χ0n) is 37.0. The van der Waals surface area contributed by atoms with Gasteiger partial charge in [-0.25, -0.2) is 9.97 Å². The SMILES string of the molecule is c1ccc(-c2ccc(-c3ccc(-n4c5ccccc5c5cc(-c6ccc7c8ccccc8n(-c8cccc(-c9cc(-c%10ccccc%10)nc(-c%10ccccc%10)n9)c8)c7c6)ccc54)cc3)cc2)cc1. The molecule has 0 bridgehead atoms. The van der Waals surface area contributed by atoms with E-state index in [2.05, 4.69) is 240 Å². The molecule has 68 heavy (non-hydrogen) atoms. The van der Waals surface area contributed by atoms with Crippen molar-refractivity contribution in [1.29, 1.82) is 0 Å². The zero-order valence-corrected chi connectivity index (χ0v) is 37.0. The molecule has 0 saturated carbocycles. The van der Waals surface area contributed by atoms with E-state index < -0.39 is 0 Å². The molecule has 3 heterocycles. The smallest absolute Gasteiger partial charge is 0.160 e. The van der Waals surface area contributed by atoms with Gasteiger partial charge in [-0.3, -0.25) is 0 Å². The molecule has 0 saturated heterocycles. The summed E-state index contributed by atoms with van der Waals surface area (Å²) in [5.74, 6) is 0.702. The van der Waals surface area contributed by atoms with Crippen molar-refractivity contribution in [3.8, 4) is 78.7 Å². The minimum atomic E-state index is 0.702. The van der Waals surface area contributed by atoms with Gasteiger partial charge in [-0.1, -0.05) is 194 Å². The average Bonchev–Trinajstić information content (AvgIpc) is 3.94. The molecule has 4 heteroatoms. The molecule has 0 aliphatic heterocycles. The van der Waals surface area contributed by atoms with E-state index in [9.17, 15) is 0 Å². The van der Waals surface area contributed by atoms with Crippen molar-refractivity contribution in [3.05, 3.63) is 255 Å². The fraction of sp³-hybridized carbons (Fsp3) is 0. The summed E-state index contributed by atoms with van der Waals surface area (Å²) in [6.45, 7) is 0. The second-order valence-corrected chi connectivity index (χ2v) is 17.4. The van der Waals surface area contributed by atoms with Gasteiger partial charge in [0.2, 0.25) is 0 Å². The van der Waals surface area contributed by atoms with Crippen LogP contribution in [0.5, 0.6) is 0 Å². The lowest BCUT2D eigenvalue weighted by atomic mass is 10.00. The van der Waals surface area contributed by atoms with Crippen LogP contribution in [0.4, 0.5) is 0 Å². The van der Waals surface area contributed by atoms with E-state index in [-0.39, 0.29) is 0 Å². The number of nitrogens with zero attached hydrogens (tertiary/aromatic N) is 4. The first kappa shape index (κ1) is 39.3. The van der Waals surface area contributed by atoms with Gasteiger partial charge in [0.25, 0.3) is 0 Å². The number of para-hydroxylation sites is 2. The number of hydrogen-bond acceptors (Lipinski definition) is 2. The molecule has 3 aromatic heterocycles. The van der Waals surface area contributed by atoms with Crippen LogP contribution in [0.3, 0.4) is 0 Å². The Kier molecular flexibility index (Phi) is 9.47. The summed E-state index contributed by atoms with van der Waals surface area (Å²) < 4.78 is 4.80. The maximum Gasteiger partial charge on any atom is 0.160 e. The maximum absolute atomic E-state index is 5.17. The van der Waals surface area contributed by atoms with Crippen LogP contribution in [0.1, 0.15) is 0 Å². The van der Waals surface area contributed by atoms with Crippen molar-refractivity contribution < 1.29 is 0 Å². The molecular formula is C64H42N4. The summed E-state index contributed by atoms with van der Waals surface area (Å²) in [6, 6.07) is 91.2. The van der Waals surface area contributed by atoms with Crippen LogP contribution in [-0.2, 0) is 0 Å². The number of aromatic nitrogens is 4. The zero-order chi connectivity index (χ0) is 45.0. The molecule has 0 spiro atoms. The van der Waals surface area contributed by atoms with Crippen molar-refractivity contribution in [2.24, 2.45) is 0 Å². The molecule has 0 fully saturated rings. The molecule has 0 atom stereocenters. The highest BCUT2D eigenvalue weighted by molar-refractivity contribution is 6.12. The second kappa shape index (κ2) is 16.4. The third-order valence-electron chi connectivity index (χ3n) is 13.4. The van der Waals surface area contributed by atoms with E-state index in [0.29, 0.717) is 5.82 Å². The Labute approximate surface area is 394 Å². The Balaban J connectivity index is 0.892. The van der Waals surface area contributed by atoms with E-state index in [1.54, 1.807) is 0 Å². The van der Waals surface area contributed by atoms with Crippen molar-refractivity contribution in [2.75, 3.05) is 0 Å². The molecule has 0 aliphatic carbocycles. The fourth-order valence-electron chi connectivity index (χ4n) is 10.0. The van der Waals surface area contributed by atoms with Crippen LogP contribution in [0.15, 0.2) is 255 Å². The summed E-state index contributed by atoms with van der Waals surface area (Å²) in [5, 5.41) is 4.88. The minimum Gasteiger partial charge on any atom is -0.309 e. The third kappa shape index (κ3) is 6.86. The van der Waals surface area contributed by atoms with Crippen LogP contribution < -0.4 is 0 Å². The number of benzene rings is 10. The van der Waals surface area contributed by atoms with Gasteiger partial charge < -0.3 is 9.13 Å². The normalized spacial score (nSPS) is 11.5. The van der Waals surface area contributed by atoms with Crippen molar-refractivity contribution in [2.45, 2.75) is 0 Å². The summed E-state index contributed by atoms with van der Waals surface area (Å²) >= 11 is 0. The number of rotatable bonds is 8. The van der Waals surface area contributed by atoms with E-state index in [1.807, 2.05) is 24.3 Å². The first-order valence-corrected chi connectivity index (χ1v) is 23.1. The molecular weight excluding hydrogens is 825 g/mol. The molecule has 0 amide bonds. The standard InChI is InChI=1S/C64H42N4/c1-4-15-43(16-5-1)44-27-29-45(30-28-44)46-31-35-52(36-32-46)67-61-26-13-11-24-55(61)57-40-49(34-38-62(57)67)50-33-37-56-54-23-10-12-25-60(54)68(63(56)41-50)53-22-14-21-51(39-53)59-42-58(47-17-6-2-7-18-47)65-64(66-59)48-19-8-3-9-20-48/h1-42H. The molecule has 4 nitrogen and oxygen atoms in total. The van der Waals surface area contributed by atoms with Crippen LogP contribution in [0.25, 0.3) is 122 Å². The summed E-state index contributed by atoms with van der Waals surface area (Å²) in [6.07, 6.45) is 0. The highest BCUT2D eigenvalue weighted by Gasteiger charge is 2.18. The van der Waals surface area contributed by atoms with Gasteiger partial charge in [-0.15, -0.1) is 0 Å².